The van der Waals surface area contributed by atoms with E-state index in [-0.39, 0.29) is 11.8 Å². The van der Waals surface area contributed by atoms with E-state index in [1.54, 1.807) is 0 Å². The van der Waals surface area contributed by atoms with E-state index in [4.69, 9.17) is 5.73 Å². The number of anilines is 1. The Balaban J connectivity index is 2.17. The number of nitrogens with two attached hydrogens (primary N) is 1. The molecular weight excluding hydrogens is 224 g/mol. The van der Waals surface area contributed by atoms with Crippen molar-refractivity contribution in [2.45, 2.75) is 39.7 Å². The molecule has 1 aliphatic heterocycles. The molecule has 3 heteroatoms. The minimum atomic E-state index is 0.163. The van der Waals surface area contributed by atoms with Crippen LogP contribution in [0, 0.1) is 5.92 Å². The maximum absolute atomic E-state index is 12.4. The number of nitrogens with zero attached hydrogens (tertiary/aromatic N) is 1. The lowest BCUT2D eigenvalue weighted by Gasteiger charge is -2.32. The largest absolute Gasteiger partial charge is 0.398 e. The minimum absolute atomic E-state index is 0.163. The molecule has 0 radical (unpaired) electrons. The summed E-state index contributed by atoms with van der Waals surface area (Å²) >= 11 is 0. The van der Waals surface area contributed by atoms with Gasteiger partial charge in [-0.3, -0.25) is 4.79 Å². The van der Waals surface area contributed by atoms with Gasteiger partial charge in [-0.15, -0.1) is 0 Å². The van der Waals surface area contributed by atoms with Crippen LogP contribution < -0.4 is 5.73 Å². The van der Waals surface area contributed by atoms with Crippen molar-refractivity contribution in [1.29, 1.82) is 0 Å². The van der Waals surface area contributed by atoms with Crippen LogP contribution in [-0.2, 0) is 17.8 Å². The fraction of sp³-hybridized carbons (Fsp3) is 0.533. The number of hydrogen-bond donors (Lipinski definition) is 1. The quantitative estimate of drug-likeness (QED) is 0.833. The maximum atomic E-state index is 12.4. The summed E-state index contributed by atoms with van der Waals surface area (Å²) in [6.45, 7) is 5.67. The highest BCUT2D eigenvalue weighted by Crippen LogP contribution is 2.26. The number of benzene rings is 1. The number of carbonyl (C=O) groups is 1. The molecule has 18 heavy (non-hydrogen) atoms. The molecule has 0 fully saturated rings. The molecule has 0 bridgehead atoms. The van der Waals surface area contributed by atoms with E-state index in [1.165, 1.54) is 5.56 Å². The van der Waals surface area contributed by atoms with Crippen molar-refractivity contribution in [3.63, 3.8) is 0 Å². The highest BCUT2D eigenvalue weighted by Gasteiger charge is 2.25. The van der Waals surface area contributed by atoms with E-state index < -0.39 is 0 Å². The molecule has 0 saturated heterocycles. The van der Waals surface area contributed by atoms with Crippen molar-refractivity contribution in [3.05, 3.63) is 29.3 Å². The predicted octanol–water partition coefficient (Wildman–Crippen LogP) is 2.59. The smallest absolute Gasteiger partial charge is 0.225 e. The van der Waals surface area contributed by atoms with E-state index in [9.17, 15) is 4.79 Å². The zero-order valence-corrected chi connectivity index (χ0v) is 11.3. The molecule has 1 heterocycles. The molecule has 0 spiro atoms. The average Bonchev–Trinajstić information content (AvgIpc) is 2.40. The number of carbonyl (C=O) groups excluding carboxylic acids is 1. The zero-order valence-electron chi connectivity index (χ0n) is 11.3. The highest BCUT2D eigenvalue weighted by molar-refractivity contribution is 5.79. The van der Waals surface area contributed by atoms with Crippen LogP contribution in [0.3, 0.4) is 0 Å². The van der Waals surface area contributed by atoms with Crippen LogP contribution in [0.5, 0.6) is 0 Å². The molecule has 3 nitrogen and oxygen atoms in total. The van der Waals surface area contributed by atoms with Gasteiger partial charge in [-0.05, 0) is 36.5 Å². The third kappa shape index (κ3) is 2.35. The first-order chi connectivity index (χ1) is 8.67. The number of amides is 1. The lowest BCUT2D eigenvalue weighted by molar-refractivity contribution is -0.136. The summed E-state index contributed by atoms with van der Waals surface area (Å²) in [4.78, 5) is 14.3. The lowest BCUT2D eigenvalue weighted by Crippen LogP contribution is -2.39. The Labute approximate surface area is 109 Å². The topological polar surface area (TPSA) is 46.3 Å². The molecule has 0 aliphatic carbocycles. The van der Waals surface area contributed by atoms with Crippen molar-refractivity contribution in [2.24, 2.45) is 5.92 Å². The van der Waals surface area contributed by atoms with Gasteiger partial charge in [0.2, 0.25) is 5.91 Å². The Kier molecular flexibility index (Phi) is 3.90. The van der Waals surface area contributed by atoms with E-state index in [0.717, 1.165) is 37.1 Å². The van der Waals surface area contributed by atoms with Crippen LogP contribution in [-0.4, -0.2) is 17.4 Å². The second-order valence-electron chi connectivity index (χ2n) is 5.01. The average molecular weight is 246 g/mol. The Morgan fingerprint density at radius 1 is 1.39 bits per heavy atom. The summed E-state index contributed by atoms with van der Waals surface area (Å²) in [6, 6.07) is 6.03. The Morgan fingerprint density at radius 3 is 2.78 bits per heavy atom. The van der Waals surface area contributed by atoms with Gasteiger partial charge in [0.15, 0.2) is 0 Å². The molecule has 1 aromatic rings. The van der Waals surface area contributed by atoms with Gasteiger partial charge in [0, 0.05) is 24.7 Å². The number of nitrogen functional groups attached to an aromatic ring is 1. The molecule has 0 atom stereocenters. The Bertz CT molecular complexity index is 438. The highest BCUT2D eigenvalue weighted by atomic mass is 16.2. The second-order valence-corrected chi connectivity index (χ2v) is 5.01. The molecule has 0 saturated carbocycles. The minimum Gasteiger partial charge on any atom is -0.398 e. The van der Waals surface area contributed by atoms with Crippen LogP contribution >= 0.6 is 0 Å². The van der Waals surface area contributed by atoms with Gasteiger partial charge in [-0.1, -0.05) is 26.0 Å². The molecular formula is C15H22N2O. The van der Waals surface area contributed by atoms with Crippen molar-refractivity contribution >= 4 is 11.6 Å². The molecule has 2 rings (SSSR count). The monoisotopic (exact) mass is 246 g/mol. The van der Waals surface area contributed by atoms with Gasteiger partial charge in [0.25, 0.3) is 0 Å². The number of rotatable bonds is 3. The van der Waals surface area contributed by atoms with Gasteiger partial charge in [0.1, 0.15) is 0 Å². The summed E-state index contributed by atoms with van der Waals surface area (Å²) in [5, 5.41) is 0. The third-order valence-electron chi connectivity index (χ3n) is 3.96. The summed E-state index contributed by atoms with van der Waals surface area (Å²) in [5.41, 5.74) is 9.26. The first-order valence-electron chi connectivity index (χ1n) is 6.82. The fourth-order valence-electron chi connectivity index (χ4n) is 2.69. The zero-order chi connectivity index (χ0) is 13.1. The predicted molar refractivity (Wildman–Crippen MR) is 74.0 cm³/mol. The Hall–Kier alpha value is -1.51. The second kappa shape index (κ2) is 5.42. The summed E-state index contributed by atoms with van der Waals surface area (Å²) < 4.78 is 0. The molecule has 1 aromatic carbocycles. The molecule has 98 valence electrons. The summed E-state index contributed by atoms with van der Waals surface area (Å²) in [6.07, 6.45) is 2.76. The van der Waals surface area contributed by atoms with Crippen molar-refractivity contribution < 1.29 is 4.79 Å². The van der Waals surface area contributed by atoms with Crippen LogP contribution in [0.4, 0.5) is 5.69 Å². The maximum Gasteiger partial charge on any atom is 0.225 e. The van der Waals surface area contributed by atoms with E-state index in [2.05, 4.69) is 19.9 Å². The van der Waals surface area contributed by atoms with E-state index in [1.807, 2.05) is 17.0 Å². The van der Waals surface area contributed by atoms with Crippen molar-refractivity contribution in [1.82, 2.24) is 4.90 Å². The fourth-order valence-corrected chi connectivity index (χ4v) is 2.69. The van der Waals surface area contributed by atoms with E-state index >= 15 is 0 Å². The van der Waals surface area contributed by atoms with Crippen LogP contribution in [0.15, 0.2) is 18.2 Å². The van der Waals surface area contributed by atoms with Gasteiger partial charge >= 0.3 is 0 Å². The molecule has 0 aromatic heterocycles. The number of hydrogen-bond acceptors (Lipinski definition) is 2. The SMILES string of the molecule is CCC(CC)C(=O)N1CCc2cccc(N)c2C1. The van der Waals surface area contributed by atoms with Crippen LogP contribution in [0.1, 0.15) is 37.8 Å². The molecule has 2 N–H and O–H groups in total. The lowest BCUT2D eigenvalue weighted by atomic mass is 9.95. The summed E-state index contributed by atoms with van der Waals surface area (Å²) in [5.74, 6) is 0.449. The molecule has 1 aliphatic rings. The van der Waals surface area contributed by atoms with Crippen LogP contribution in [0.25, 0.3) is 0 Å². The normalized spacial score (nSPS) is 14.7. The molecule has 1 amide bonds. The number of fused-ring (bicyclic) bond motifs is 1. The summed E-state index contributed by atoms with van der Waals surface area (Å²) in [7, 11) is 0. The van der Waals surface area contributed by atoms with Gasteiger partial charge < -0.3 is 10.6 Å². The Morgan fingerprint density at radius 2 is 2.11 bits per heavy atom. The first kappa shape index (κ1) is 12.9. The first-order valence-corrected chi connectivity index (χ1v) is 6.82. The van der Waals surface area contributed by atoms with Gasteiger partial charge in [-0.25, -0.2) is 0 Å². The van der Waals surface area contributed by atoms with Gasteiger partial charge in [-0.2, -0.15) is 0 Å². The van der Waals surface area contributed by atoms with Crippen molar-refractivity contribution in [3.8, 4) is 0 Å². The standard InChI is InChI=1S/C15H22N2O/c1-3-11(4-2)15(18)17-9-8-12-6-5-7-14(16)13(12)10-17/h5-7,11H,3-4,8-10,16H2,1-2H3. The molecule has 0 unspecified atom stereocenters. The van der Waals surface area contributed by atoms with Gasteiger partial charge in [0.05, 0.1) is 0 Å². The van der Waals surface area contributed by atoms with Crippen LogP contribution in [0.2, 0.25) is 0 Å². The van der Waals surface area contributed by atoms with Crippen molar-refractivity contribution in [2.75, 3.05) is 12.3 Å². The third-order valence-corrected chi connectivity index (χ3v) is 3.96. The van der Waals surface area contributed by atoms with E-state index in [0.29, 0.717) is 6.54 Å².